The fourth-order valence-electron chi connectivity index (χ4n) is 4.49. The van der Waals surface area contributed by atoms with Crippen molar-refractivity contribution in [1.29, 1.82) is 0 Å². The average Bonchev–Trinajstić information content (AvgIpc) is 3.03. The van der Waals surface area contributed by atoms with Crippen LogP contribution < -0.4 is 0 Å². The highest BCUT2D eigenvalue weighted by atomic mass is 31.1. The van der Waals surface area contributed by atoms with Crippen LogP contribution in [-0.2, 0) is 9.59 Å². The second-order valence-electron chi connectivity index (χ2n) is 7.20. The molecule has 0 spiro atoms. The third-order valence-corrected chi connectivity index (χ3v) is 8.43. The molecule has 0 amide bonds. The number of fused-ring (bicyclic) bond motifs is 3. The summed E-state index contributed by atoms with van der Waals surface area (Å²) in [6.07, 6.45) is 13.0. The van der Waals surface area contributed by atoms with Crippen molar-refractivity contribution >= 4 is 19.5 Å². The quantitative estimate of drug-likeness (QED) is 0.633. The van der Waals surface area contributed by atoms with E-state index in [-0.39, 0.29) is 7.92 Å². The Morgan fingerprint density at radius 3 is 2.55 bits per heavy atom. The van der Waals surface area contributed by atoms with Gasteiger partial charge in [-0.15, -0.1) is 0 Å². The summed E-state index contributed by atoms with van der Waals surface area (Å²) in [5.74, 6) is 3.03. The Morgan fingerprint density at radius 2 is 1.65 bits per heavy atom. The molecule has 1 aliphatic carbocycles. The lowest BCUT2D eigenvalue weighted by molar-refractivity contribution is -0.120. The molecule has 2 nitrogen and oxygen atoms in total. The summed E-state index contributed by atoms with van der Waals surface area (Å²) in [4.78, 5) is 24.4. The Morgan fingerprint density at radius 1 is 0.850 bits per heavy atom. The first-order chi connectivity index (χ1) is 9.70. The van der Waals surface area contributed by atoms with Gasteiger partial charge in [0.25, 0.3) is 0 Å². The average molecular weight is 294 g/mol. The van der Waals surface area contributed by atoms with Gasteiger partial charge in [-0.25, -0.2) is 0 Å². The first kappa shape index (κ1) is 14.7. The predicted octanol–water partition coefficient (Wildman–Crippen LogP) is 4.01. The third-order valence-electron chi connectivity index (χ3n) is 5.70. The molecule has 0 N–H and O–H groups in total. The Labute approximate surface area is 123 Å². The Bertz CT molecular complexity index is 379. The number of ketones is 2. The number of hydrogen-bond donors (Lipinski definition) is 0. The molecule has 0 aromatic carbocycles. The van der Waals surface area contributed by atoms with E-state index >= 15 is 0 Å². The normalized spacial score (nSPS) is 39.8. The molecule has 2 bridgehead atoms. The van der Waals surface area contributed by atoms with Gasteiger partial charge in [-0.1, -0.05) is 20.8 Å². The predicted molar refractivity (Wildman–Crippen MR) is 83.6 cm³/mol. The van der Waals surface area contributed by atoms with E-state index in [1.807, 2.05) is 0 Å². The van der Waals surface area contributed by atoms with Gasteiger partial charge >= 0.3 is 0 Å². The topological polar surface area (TPSA) is 34.1 Å². The summed E-state index contributed by atoms with van der Waals surface area (Å²) in [5, 5.41) is 0. The standard InChI is InChI=1S/C17H27O2P/c18-16-6-4-13-8-9-20(11-13)12-17(19)7-5-14-2-1-3-15(14)10-16/h13-15H,1-12H2. The first-order valence-electron chi connectivity index (χ1n) is 8.46. The van der Waals surface area contributed by atoms with Crippen molar-refractivity contribution in [3.05, 3.63) is 0 Å². The van der Waals surface area contributed by atoms with Crippen LogP contribution in [0.2, 0.25) is 0 Å². The largest absolute Gasteiger partial charge is 0.300 e. The highest BCUT2D eigenvalue weighted by Crippen LogP contribution is 2.48. The minimum atomic E-state index is -0.0256. The van der Waals surface area contributed by atoms with E-state index in [1.165, 1.54) is 38.0 Å². The molecule has 3 fully saturated rings. The van der Waals surface area contributed by atoms with Gasteiger partial charge in [0.1, 0.15) is 11.6 Å². The lowest BCUT2D eigenvalue weighted by Crippen LogP contribution is -2.15. The molecule has 112 valence electrons. The third kappa shape index (κ3) is 3.70. The van der Waals surface area contributed by atoms with Gasteiger partial charge in [0.2, 0.25) is 0 Å². The van der Waals surface area contributed by atoms with Crippen LogP contribution in [0.5, 0.6) is 0 Å². The van der Waals surface area contributed by atoms with E-state index in [1.54, 1.807) is 0 Å². The fraction of sp³-hybridized carbons (Fsp3) is 0.882. The minimum absolute atomic E-state index is 0.0256. The van der Waals surface area contributed by atoms with Crippen LogP contribution in [0.4, 0.5) is 0 Å². The van der Waals surface area contributed by atoms with Crippen molar-refractivity contribution in [2.75, 3.05) is 18.5 Å². The zero-order valence-electron chi connectivity index (χ0n) is 12.5. The van der Waals surface area contributed by atoms with Crippen LogP contribution in [0.3, 0.4) is 0 Å². The van der Waals surface area contributed by atoms with E-state index < -0.39 is 0 Å². The molecule has 3 rings (SSSR count). The van der Waals surface area contributed by atoms with Gasteiger partial charge in [0.15, 0.2) is 0 Å². The molecule has 0 aromatic rings. The van der Waals surface area contributed by atoms with E-state index in [0.29, 0.717) is 23.4 Å². The number of carbonyl (C=O) groups excluding carboxylic acids is 2. The maximum absolute atomic E-state index is 12.2. The zero-order chi connectivity index (χ0) is 13.9. The molecule has 4 atom stereocenters. The Kier molecular flexibility index (Phi) is 4.91. The summed E-state index contributed by atoms with van der Waals surface area (Å²) >= 11 is 0. The minimum Gasteiger partial charge on any atom is -0.300 e. The van der Waals surface area contributed by atoms with Crippen LogP contribution in [0, 0.1) is 17.8 Å². The van der Waals surface area contributed by atoms with Crippen LogP contribution in [0.25, 0.3) is 0 Å². The van der Waals surface area contributed by atoms with Crippen molar-refractivity contribution in [2.24, 2.45) is 17.8 Å². The van der Waals surface area contributed by atoms with Crippen LogP contribution in [0.15, 0.2) is 0 Å². The molecule has 4 unspecified atom stereocenters. The molecule has 1 saturated carbocycles. The highest BCUT2D eigenvalue weighted by molar-refractivity contribution is 7.58. The summed E-state index contributed by atoms with van der Waals surface area (Å²) in [5.41, 5.74) is 0. The van der Waals surface area contributed by atoms with Crippen molar-refractivity contribution < 1.29 is 9.59 Å². The van der Waals surface area contributed by atoms with Crippen molar-refractivity contribution in [3.8, 4) is 0 Å². The molecule has 3 aliphatic rings. The van der Waals surface area contributed by atoms with Crippen molar-refractivity contribution in [1.82, 2.24) is 0 Å². The van der Waals surface area contributed by atoms with E-state index in [4.69, 9.17) is 0 Å². The van der Waals surface area contributed by atoms with Gasteiger partial charge < -0.3 is 0 Å². The Hall–Kier alpha value is -0.230. The molecule has 0 aromatic heterocycles. The van der Waals surface area contributed by atoms with Gasteiger partial charge in [0, 0.05) is 25.4 Å². The summed E-state index contributed by atoms with van der Waals surface area (Å²) < 4.78 is 0. The lowest BCUT2D eigenvalue weighted by Gasteiger charge is -2.19. The molecule has 3 heteroatoms. The summed E-state index contributed by atoms with van der Waals surface area (Å²) in [6.45, 7) is 0. The summed E-state index contributed by atoms with van der Waals surface area (Å²) in [7, 11) is -0.0256. The monoisotopic (exact) mass is 294 g/mol. The lowest BCUT2D eigenvalue weighted by atomic mass is 9.86. The van der Waals surface area contributed by atoms with Gasteiger partial charge in [-0.2, -0.15) is 0 Å². The first-order valence-corrected chi connectivity index (χ1v) is 10.4. The van der Waals surface area contributed by atoms with Crippen molar-refractivity contribution in [3.63, 3.8) is 0 Å². The van der Waals surface area contributed by atoms with Gasteiger partial charge in [0.05, 0.1) is 0 Å². The maximum atomic E-state index is 12.2. The molecule has 0 radical (unpaired) electrons. The second-order valence-corrected chi connectivity index (χ2v) is 9.67. The van der Waals surface area contributed by atoms with Gasteiger partial charge in [-0.3, -0.25) is 9.59 Å². The molecular weight excluding hydrogens is 267 g/mol. The number of hydrogen-bond acceptors (Lipinski definition) is 2. The Balaban J connectivity index is 1.65. The van der Waals surface area contributed by atoms with Crippen molar-refractivity contribution in [2.45, 2.75) is 57.8 Å². The fourth-order valence-corrected chi connectivity index (χ4v) is 7.44. The van der Waals surface area contributed by atoms with E-state index in [2.05, 4.69) is 0 Å². The van der Waals surface area contributed by atoms with Crippen LogP contribution in [0.1, 0.15) is 57.8 Å². The number of Topliss-reactive ketones (excluding diaryl/α,β-unsaturated/α-hetero) is 2. The smallest absolute Gasteiger partial charge is 0.137 e. The van der Waals surface area contributed by atoms with E-state index in [9.17, 15) is 9.59 Å². The molecule has 20 heavy (non-hydrogen) atoms. The van der Waals surface area contributed by atoms with Crippen LogP contribution in [-0.4, -0.2) is 30.1 Å². The molecular formula is C17H27O2P. The zero-order valence-corrected chi connectivity index (χ0v) is 13.4. The summed E-state index contributed by atoms with van der Waals surface area (Å²) in [6, 6.07) is 0. The number of carbonyl (C=O) groups is 2. The molecule has 2 aliphatic heterocycles. The SMILES string of the molecule is O=C1CCC2CCP(CC(=O)CCC3CCCC3C1)C2. The van der Waals surface area contributed by atoms with Gasteiger partial charge in [-0.05, 0) is 55.8 Å². The molecule has 2 saturated heterocycles. The number of rotatable bonds is 0. The van der Waals surface area contributed by atoms with E-state index in [0.717, 1.165) is 44.2 Å². The molecule has 2 heterocycles. The highest BCUT2D eigenvalue weighted by Gasteiger charge is 2.31. The maximum Gasteiger partial charge on any atom is 0.137 e. The van der Waals surface area contributed by atoms with Crippen LogP contribution >= 0.6 is 7.92 Å². The second kappa shape index (κ2) is 6.69.